The molecule has 0 heterocycles. The van der Waals surface area contributed by atoms with Crippen LogP contribution in [0.5, 0.6) is 0 Å². The molecule has 1 aromatic carbocycles. The summed E-state index contributed by atoms with van der Waals surface area (Å²) in [5, 5.41) is 4.00. The van der Waals surface area contributed by atoms with Gasteiger partial charge in [0.1, 0.15) is 5.82 Å². The van der Waals surface area contributed by atoms with Crippen molar-refractivity contribution in [1.29, 1.82) is 0 Å². The van der Waals surface area contributed by atoms with Crippen LogP contribution in [-0.2, 0) is 6.42 Å². The molecule has 1 aromatic rings. The minimum atomic E-state index is -0.286. The van der Waals surface area contributed by atoms with Crippen molar-refractivity contribution in [2.24, 2.45) is 17.8 Å². The summed E-state index contributed by atoms with van der Waals surface area (Å²) >= 11 is 6.14. The van der Waals surface area contributed by atoms with Crippen LogP contribution in [0, 0.1) is 23.6 Å². The van der Waals surface area contributed by atoms with Crippen LogP contribution in [0.3, 0.4) is 0 Å². The maximum atomic E-state index is 13.6. The van der Waals surface area contributed by atoms with E-state index >= 15 is 0 Å². The molecule has 3 rings (SSSR count). The van der Waals surface area contributed by atoms with Crippen molar-refractivity contribution in [3.05, 3.63) is 34.6 Å². The van der Waals surface area contributed by atoms with E-state index in [-0.39, 0.29) is 5.82 Å². The monoisotopic (exact) mass is 309 g/mol. The summed E-state index contributed by atoms with van der Waals surface area (Å²) in [5.74, 6) is 1.82. The van der Waals surface area contributed by atoms with Gasteiger partial charge in [-0.25, -0.2) is 4.39 Å². The normalized spacial score (nSPS) is 29.6. The van der Waals surface area contributed by atoms with E-state index in [0.717, 1.165) is 30.5 Å². The molecule has 3 heteroatoms. The van der Waals surface area contributed by atoms with Gasteiger partial charge >= 0.3 is 0 Å². The zero-order chi connectivity index (χ0) is 14.8. The number of benzene rings is 1. The van der Waals surface area contributed by atoms with Crippen molar-refractivity contribution in [1.82, 2.24) is 5.32 Å². The van der Waals surface area contributed by atoms with Crippen LogP contribution in [0.4, 0.5) is 4.39 Å². The second kappa shape index (κ2) is 6.66. The highest BCUT2D eigenvalue weighted by molar-refractivity contribution is 6.31. The number of hydrogen-bond acceptors (Lipinski definition) is 1. The van der Waals surface area contributed by atoms with Crippen LogP contribution in [-0.4, -0.2) is 12.6 Å². The van der Waals surface area contributed by atoms with Gasteiger partial charge in [-0.1, -0.05) is 37.1 Å². The first kappa shape index (κ1) is 15.3. The highest BCUT2D eigenvalue weighted by atomic mass is 35.5. The van der Waals surface area contributed by atoms with E-state index < -0.39 is 0 Å². The number of halogens is 2. The SMILES string of the molecule is CC1CCC(CNC2CC2)C(Cc2cccc(F)c2Cl)C1. The van der Waals surface area contributed by atoms with Gasteiger partial charge in [0.25, 0.3) is 0 Å². The van der Waals surface area contributed by atoms with Gasteiger partial charge in [-0.2, -0.15) is 0 Å². The lowest BCUT2D eigenvalue weighted by molar-refractivity contribution is 0.183. The average molecular weight is 310 g/mol. The van der Waals surface area contributed by atoms with E-state index in [2.05, 4.69) is 12.2 Å². The predicted octanol–water partition coefficient (Wildman–Crippen LogP) is 4.83. The van der Waals surface area contributed by atoms with Crippen molar-refractivity contribution in [3.63, 3.8) is 0 Å². The smallest absolute Gasteiger partial charge is 0.142 e. The molecule has 2 fully saturated rings. The fourth-order valence-electron chi connectivity index (χ4n) is 3.67. The Kier molecular flexibility index (Phi) is 4.85. The first-order chi connectivity index (χ1) is 10.1. The van der Waals surface area contributed by atoms with E-state index in [4.69, 9.17) is 11.6 Å². The lowest BCUT2D eigenvalue weighted by Gasteiger charge is -2.35. The van der Waals surface area contributed by atoms with Crippen LogP contribution >= 0.6 is 11.6 Å². The average Bonchev–Trinajstić information content (AvgIpc) is 3.27. The molecular weight excluding hydrogens is 285 g/mol. The molecule has 3 unspecified atom stereocenters. The Morgan fingerprint density at radius 1 is 1.19 bits per heavy atom. The molecule has 21 heavy (non-hydrogen) atoms. The van der Waals surface area contributed by atoms with Crippen molar-refractivity contribution < 1.29 is 4.39 Å². The molecule has 0 bridgehead atoms. The van der Waals surface area contributed by atoms with Gasteiger partial charge in [0.2, 0.25) is 0 Å². The summed E-state index contributed by atoms with van der Waals surface area (Å²) in [6.45, 7) is 3.46. The molecule has 0 saturated heterocycles. The number of rotatable bonds is 5. The quantitative estimate of drug-likeness (QED) is 0.821. The van der Waals surface area contributed by atoms with Gasteiger partial charge in [0.15, 0.2) is 0 Å². The van der Waals surface area contributed by atoms with E-state index in [0.29, 0.717) is 16.9 Å². The van der Waals surface area contributed by atoms with Crippen molar-refractivity contribution in [2.75, 3.05) is 6.54 Å². The minimum absolute atomic E-state index is 0.286. The summed E-state index contributed by atoms with van der Waals surface area (Å²) in [7, 11) is 0. The van der Waals surface area contributed by atoms with Gasteiger partial charge in [0, 0.05) is 6.04 Å². The topological polar surface area (TPSA) is 12.0 Å². The standard InChI is InChI=1S/C18H25ClFN/c1-12-5-6-14(11-21-16-7-8-16)15(9-12)10-13-3-2-4-17(20)18(13)19/h2-4,12,14-16,21H,5-11H2,1H3. The molecule has 2 aliphatic carbocycles. The Morgan fingerprint density at radius 3 is 2.76 bits per heavy atom. The van der Waals surface area contributed by atoms with Gasteiger partial charge in [-0.3, -0.25) is 0 Å². The molecule has 0 radical (unpaired) electrons. The second-order valence-corrected chi connectivity index (χ2v) is 7.42. The van der Waals surface area contributed by atoms with Gasteiger partial charge < -0.3 is 5.32 Å². The zero-order valence-corrected chi connectivity index (χ0v) is 13.5. The summed E-state index contributed by atoms with van der Waals surface area (Å²) in [6, 6.07) is 5.97. The summed E-state index contributed by atoms with van der Waals surface area (Å²) < 4.78 is 13.6. The summed E-state index contributed by atoms with van der Waals surface area (Å²) in [4.78, 5) is 0. The maximum absolute atomic E-state index is 13.6. The van der Waals surface area contributed by atoms with Crippen molar-refractivity contribution in [3.8, 4) is 0 Å². The third-order valence-corrected chi connectivity index (χ3v) is 5.59. The lowest BCUT2D eigenvalue weighted by Crippen LogP contribution is -2.34. The molecule has 0 aliphatic heterocycles. The van der Waals surface area contributed by atoms with Gasteiger partial charge in [0.05, 0.1) is 5.02 Å². The Hall–Kier alpha value is -0.600. The third kappa shape index (κ3) is 3.98. The Morgan fingerprint density at radius 2 is 2.00 bits per heavy atom. The van der Waals surface area contributed by atoms with E-state index in [1.807, 2.05) is 6.07 Å². The maximum Gasteiger partial charge on any atom is 0.142 e. The Labute approximate surface area is 132 Å². The fourth-order valence-corrected chi connectivity index (χ4v) is 3.88. The number of hydrogen-bond donors (Lipinski definition) is 1. The molecule has 3 atom stereocenters. The molecule has 1 N–H and O–H groups in total. The van der Waals surface area contributed by atoms with Gasteiger partial charge in [-0.15, -0.1) is 0 Å². The highest BCUT2D eigenvalue weighted by Crippen LogP contribution is 2.37. The fraction of sp³-hybridized carbons (Fsp3) is 0.667. The van der Waals surface area contributed by atoms with Crippen LogP contribution in [0.1, 0.15) is 44.6 Å². The largest absolute Gasteiger partial charge is 0.314 e. The molecule has 0 spiro atoms. The van der Waals surface area contributed by atoms with Crippen LogP contribution in [0.15, 0.2) is 18.2 Å². The molecule has 1 nitrogen and oxygen atoms in total. The Bertz CT molecular complexity index is 486. The van der Waals surface area contributed by atoms with Crippen LogP contribution in [0.2, 0.25) is 5.02 Å². The van der Waals surface area contributed by atoms with Crippen molar-refractivity contribution >= 4 is 11.6 Å². The second-order valence-electron chi connectivity index (χ2n) is 7.04. The summed E-state index contributed by atoms with van der Waals surface area (Å²) in [5.41, 5.74) is 0.979. The minimum Gasteiger partial charge on any atom is -0.314 e. The van der Waals surface area contributed by atoms with E-state index in [1.165, 1.54) is 38.2 Å². The molecular formula is C18H25ClFN. The zero-order valence-electron chi connectivity index (χ0n) is 12.7. The molecule has 2 saturated carbocycles. The van der Waals surface area contributed by atoms with Crippen molar-refractivity contribution in [2.45, 2.75) is 51.5 Å². The molecule has 116 valence electrons. The Balaban J connectivity index is 1.67. The first-order valence-corrected chi connectivity index (χ1v) is 8.67. The first-order valence-electron chi connectivity index (χ1n) is 8.29. The van der Waals surface area contributed by atoms with E-state index in [1.54, 1.807) is 6.07 Å². The highest BCUT2D eigenvalue weighted by Gasteiger charge is 2.31. The van der Waals surface area contributed by atoms with Crippen LogP contribution in [0.25, 0.3) is 0 Å². The number of nitrogens with one attached hydrogen (secondary N) is 1. The molecule has 0 aromatic heterocycles. The summed E-state index contributed by atoms with van der Waals surface area (Å²) in [6.07, 6.45) is 7.44. The van der Waals surface area contributed by atoms with Crippen LogP contribution < -0.4 is 5.32 Å². The van der Waals surface area contributed by atoms with Gasteiger partial charge in [-0.05, 0) is 68.0 Å². The lowest BCUT2D eigenvalue weighted by atomic mass is 9.72. The van der Waals surface area contributed by atoms with E-state index in [9.17, 15) is 4.39 Å². The molecule has 2 aliphatic rings. The predicted molar refractivity (Wildman–Crippen MR) is 86.1 cm³/mol. The molecule has 0 amide bonds. The third-order valence-electron chi connectivity index (χ3n) is 5.16.